The number of rotatable bonds is 6. The second-order valence-electron chi connectivity index (χ2n) is 5.24. The van der Waals surface area contributed by atoms with E-state index in [-0.39, 0.29) is 24.6 Å². The van der Waals surface area contributed by atoms with Gasteiger partial charge in [0.05, 0.1) is 17.5 Å². The van der Waals surface area contributed by atoms with Gasteiger partial charge in [-0.1, -0.05) is 0 Å². The van der Waals surface area contributed by atoms with Crippen LogP contribution in [0.2, 0.25) is 0 Å². The van der Waals surface area contributed by atoms with Crippen molar-refractivity contribution < 1.29 is 27.8 Å². The normalized spacial score (nSPS) is 12.5. The molecule has 0 aliphatic carbocycles. The van der Waals surface area contributed by atoms with Gasteiger partial charge in [-0.3, -0.25) is 9.78 Å². The van der Waals surface area contributed by atoms with Crippen molar-refractivity contribution in [3.63, 3.8) is 0 Å². The van der Waals surface area contributed by atoms with Gasteiger partial charge in [-0.2, -0.15) is 13.2 Å². The van der Waals surface area contributed by atoms with Crippen molar-refractivity contribution in [1.82, 2.24) is 15.3 Å². The number of hydrogen-bond acceptors (Lipinski definition) is 5. The average Bonchev–Trinajstić information content (AvgIpc) is 2.58. The Morgan fingerprint density at radius 2 is 1.92 bits per heavy atom. The second kappa shape index (κ2) is 7.93. The number of nitrogens with zero attached hydrogens (tertiary/aromatic N) is 2. The summed E-state index contributed by atoms with van der Waals surface area (Å²) in [6, 6.07) is 4.10. The van der Waals surface area contributed by atoms with Crippen molar-refractivity contribution in [3.05, 3.63) is 53.6 Å². The molecule has 6 nitrogen and oxygen atoms in total. The summed E-state index contributed by atoms with van der Waals surface area (Å²) in [6.07, 6.45) is -2.69. The molecule has 134 valence electrons. The standard InChI is InChI=1S/C16H16F3N3O3/c1-10-6-21-14(8-20-10)15(24)22-7-12(23)9-25-13-4-2-11(3-5-13)16(17,18)19/h2-6,8,12,23H,7,9H2,1H3,(H,22,24)/t12-/m0/s1. The molecule has 0 bridgehead atoms. The third kappa shape index (κ3) is 5.71. The van der Waals surface area contributed by atoms with Gasteiger partial charge in [-0.05, 0) is 31.2 Å². The molecule has 0 radical (unpaired) electrons. The summed E-state index contributed by atoms with van der Waals surface area (Å²) in [6.45, 7) is 1.44. The maximum absolute atomic E-state index is 12.4. The molecule has 2 aromatic rings. The van der Waals surface area contributed by atoms with E-state index in [2.05, 4.69) is 15.3 Å². The van der Waals surface area contributed by atoms with Gasteiger partial charge in [0, 0.05) is 12.7 Å². The van der Waals surface area contributed by atoms with Gasteiger partial charge in [-0.25, -0.2) is 4.98 Å². The lowest BCUT2D eigenvalue weighted by Gasteiger charge is -2.14. The number of aryl methyl sites for hydroxylation is 1. The Morgan fingerprint density at radius 1 is 1.24 bits per heavy atom. The lowest BCUT2D eigenvalue weighted by Crippen LogP contribution is -2.35. The SMILES string of the molecule is Cc1cnc(C(=O)NC[C@H](O)COc2ccc(C(F)(F)F)cc2)cn1. The van der Waals surface area contributed by atoms with Crippen LogP contribution in [0.5, 0.6) is 5.75 Å². The first-order valence-corrected chi connectivity index (χ1v) is 7.30. The Labute approximate surface area is 141 Å². The Hall–Kier alpha value is -2.68. The minimum absolute atomic E-state index is 0.102. The lowest BCUT2D eigenvalue weighted by molar-refractivity contribution is -0.137. The van der Waals surface area contributed by atoms with Crippen LogP contribution in [0.1, 0.15) is 21.7 Å². The van der Waals surface area contributed by atoms with Gasteiger partial charge in [0.1, 0.15) is 24.2 Å². The first-order valence-electron chi connectivity index (χ1n) is 7.30. The molecule has 0 unspecified atom stereocenters. The second-order valence-corrected chi connectivity index (χ2v) is 5.24. The van der Waals surface area contributed by atoms with Crippen LogP contribution in [0, 0.1) is 6.92 Å². The van der Waals surface area contributed by atoms with Crippen LogP contribution in [0.15, 0.2) is 36.7 Å². The molecule has 1 aromatic heterocycles. The monoisotopic (exact) mass is 355 g/mol. The average molecular weight is 355 g/mol. The van der Waals surface area contributed by atoms with Gasteiger partial charge in [0.2, 0.25) is 0 Å². The number of aliphatic hydroxyl groups is 1. The third-order valence-electron chi connectivity index (χ3n) is 3.14. The number of nitrogens with one attached hydrogen (secondary N) is 1. The molecule has 1 aromatic carbocycles. The van der Waals surface area contributed by atoms with Gasteiger partial charge in [-0.15, -0.1) is 0 Å². The molecule has 1 atom stereocenters. The van der Waals surface area contributed by atoms with Crippen molar-refractivity contribution in [1.29, 1.82) is 0 Å². The predicted molar refractivity (Wildman–Crippen MR) is 82.0 cm³/mol. The first-order chi connectivity index (χ1) is 11.8. The maximum Gasteiger partial charge on any atom is 0.416 e. The molecule has 0 saturated carbocycles. The van der Waals surface area contributed by atoms with Crippen molar-refractivity contribution in [2.45, 2.75) is 19.2 Å². The Morgan fingerprint density at radius 3 is 2.48 bits per heavy atom. The van der Waals surface area contributed by atoms with Crippen LogP contribution in [0.3, 0.4) is 0 Å². The van der Waals surface area contributed by atoms with Crippen molar-refractivity contribution >= 4 is 5.91 Å². The number of hydrogen-bond donors (Lipinski definition) is 2. The molecule has 9 heteroatoms. The van der Waals surface area contributed by atoms with Gasteiger partial charge in [0.25, 0.3) is 5.91 Å². The maximum atomic E-state index is 12.4. The highest BCUT2D eigenvalue weighted by Crippen LogP contribution is 2.30. The van der Waals surface area contributed by atoms with E-state index < -0.39 is 23.8 Å². The third-order valence-corrected chi connectivity index (χ3v) is 3.14. The number of amides is 1. The molecule has 25 heavy (non-hydrogen) atoms. The smallest absolute Gasteiger partial charge is 0.416 e. The summed E-state index contributed by atoms with van der Waals surface area (Å²) in [7, 11) is 0. The Balaban J connectivity index is 1.77. The fourth-order valence-corrected chi connectivity index (χ4v) is 1.80. The molecule has 0 aliphatic rings. The molecule has 0 aliphatic heterocycles. The first kappa shape index (κ1) is 18.7. The van der Waals surface area contributed by atoms with Crippen molar-refractivity contribution in [2.24, 2.45) is 0 Å². The number of benzene rings is 1. The van der Waals surface area contributed by atoms with E-state index in [1.54, 1.807) is 6.92 Å². The quantitative estimate of drug-likeness (QED) is 0.828. The fraction of sp³-hybridized carbons (Fsp3) is 0.312. The van der Waals surface area contributed by atoms with Crippen LogP contribution >= 0.6 is 0 Å². The molecule has 0 saturated heterocycles. The molecule has 2 rings (SSSR count). The van der Waals surface area contributed by atoms with Crippen LogP contribution in [0.4, 0.5) is 13.2 Å². The summed E-state index contributed by atoms with van der Waals surface area (Å²) in [4.78, 5) is 19.6. The van der Waals surface area contributed by atoms with E-state index in [9.17, 15) is 23.1 Å². The van der Waals surface area contributed by atoms with Crippen LogP contribution in [-0.4, -0.2) is 40.2 Å². The Bertz CT molecular complexity index is 703. The topological polar surface area (TPSA) is 84.3 Å². The number of carbonyl (C=O) groups is 1. The Kier molecular flexibility index (Phi) is 5.92. The number of alkyl halides is 3. The van der Waals surface area contributed by atoms with Gasteiger partial charge in [0.15, 0.2) is 0 Å². The number of halogens is 3. The van der Waals surface area contributed by atoms with Gasteiger partial charge < -0.3 is 15.2 Å². The zero-order valence-electron chi connectivity index (χ0n) is 13.2. The van der Waals surface area contributed by atoms with Gasteiger partial charge >= 0.3 is 6.18 Å². The van der Waals surface area contributed by atoms with Crippen LogP contribution in [-0.2, 0) is 6.18 Å². The lowest BCUT2D eigenvalue weighted by atomic mass is 10.2. The molecular formula is C16H16F3N3O3. The minimum atomic E-state index is -4.42. The van der Waals surface area contributed by atoms with Crippen molar-refractivity contribution in [3.8, 4) is 5.75 Å². The van der Waals surface area contributed by atoms with E-state index in [1.165, 1.54) is 12.4 Å². The number of ether oxygens (including phenoxy) is 1. The largest absolute Gasteiger partial charge is 0.491 e. The van der Waals surface area contributed by atoms with E-state index in [0.717, 1.165) is 24.3 Å². The van der Waals surface area contributed by atoms with Crippen LogP contribution < -0.4 is 10.1 Å². The number of aliphatic hydroxyl groups excluding tert-OH is 1. The predicted octanol–water partition coefficient (Wildman–Crippen LogP) is 1.97. The zero-order chi connectivity index (χ0) is 18.4. The van der Waals surface area contributed by atoms with E-state index in [0.29, 0.717) is 5.69 Å². The highest BCUT2D eigenvalue weighted by Gasteiger charge is 2.30. The summed E-state index contributed by atoms with van der Waals surface area (Å²) < 4.78 is 42.5. The molecule has 1 amide bonds. The van der Waals surface area contributed by atoms with E-state index in [4.69, 9.17) is 4.74 Å². The van der Waals surface area contributed by atoms with E-state index >= 15 is 0 Å². The molecule has 0 fully saturated rings. The zero-order valence-corrected chi connectivity index (χ0v) is 13.2. The molecular weight excluding hydrogens is 339 g/mol. The highest BCUT2D eigenvalue weighted by molar-refractivity contribution is 5.91. The molecule has 0 spiro atoms. The molecule has 1 heterocycles. The summed E-state index contributed by atoms with van der Waals surface area (Å²) in [5.41, 5.74) is -0.00477. The number of aromatic nitrogens is 2. The van der Waals surface area contributed by atoms with Crippen molar-refractivity contribution in [2.75, 3.05) is 13.2 Å². The molecule has 2 N–H and O–H groups in total. The number of carbonyl (C=O) groups excluding carboxylic acids is 1. The highest BCUT2D eigenvalue weighted by atomic mass is 19.4. The van der Waals surface area contributed by atoms with E-state index in [1.807, 2.05) is 0 Å². The fourth-order valence-electron chi connectivity index (χ4n) is 1.80. The van der Waals surface area contributed by atoms with Crippen LogP contribution in [0.25, 0.3) is 0 Å². The minimum Gasteiger partial charge on any atom is -0.491 e. The summed E-state index contributed by atoms with van der Waals surface area (Å²) in [5, 5.41) is 12.2. The summed E-state index contributed by atoms with van der Waals surface area (Å²) >= 11 is 0. The summed E-state index contributed by atoms with van der Waals surface area (Å²) in [5.74, 6) is -0.316.